The number of nitrogens with zero attached hydrogens (tertiary/aromatic N) is 1. The van der Waals surface area contributed by atoms with Crippen LogP contribution in [0.1, 0.15) is 96.5 Å². The van der Waals surface area contributed by atoms with E-state index in [-0.39, 0.29) is 37.1 Å². The van der Waals surface area contributed by atoms with E-state index in [9.17, 15) is 33.0 Å². The van der Waals surface area contributed by atoms with Crippen molar-refractivity contribution < 1.29 is 42.4 Å². The Hall–Kier alpha value is -5.13. The standard InChI is InChI=1S/C46H51F3N2O6/c1-30-10-9-22-44(2)40(38-20-16-31(24-36(52)18-15-30)25-39(38)42(53)32-11-8-12-34(26-32)46(47,48)49)21-23-45(44,55)29-51(43(54)50-35-13-6-5-7-14-35)28-33-17-19-37(56-3)27-41(33)57-4/h5-8,10-14,16-17,19-20,25-27,36,40,52,55H,9,15,18,21-24,28-29H2,1-4H3,(H,50,54). The lowest BCUT2D eigenvalue weighted by atomic mass is 9.64. The molecule has 7 rings (SSSR count). The van der Waals surface area contributed by atoms with Gasteiger partial charge in [0.25, 0.3) is 0 Å². The van der Waals surface area contributed by atoms with Gasteiger partial charge in [0.15, 0.2) is 5.78 Å². The lowest BCUT2D eigenvalue weighted by Gasteiger charge is -2.46. The SMILES string of the molecule is COc1ccc(CN(CC2(O)CCC3c4ccc(cc4C(=O)c4cccc(C(F)(F)F)c4)CC(O)CCC(C)=CCCC32C)C(=O)Nc2ccccc2)c(OC)c1. The van der Waals surface area contributed by atoms with Crippen LogP contribution in [0.15, 0.2) is 103 Å². The van der Waals surface area contributed by atoms with Crippen LogP contribution >= 0.6 is 0 Å². The van der Waals surface area contributed by atoms with Gasteiger partial charge in [-0.3, -0.25) is 4.79 Å². The van der Waals surface area contributed by atoms with Crippen LogP contribution in [0.25, 0.3) is 0 Å². The molecule has 0 aromatic heterocycles. The largest absolute Gasteiger partial charge is 0.497 e. The molecule has 0 aliphatic heterocycles. The minimum absolute atomic E-state index is 0.0717. The van der Waals surface area contributed by atoms with Crippen LogP contribution in [0.2, 0.25) is 0 Å². The summed E-state index contributed by atoms with van der Waals surface area (Å²) in [5.41, 5.74) is 0.505. The van der Waals surface area contributed by atoms with E-state index in [1.165, 1.54) is 19.2 Å². The Morgan fingerprint density at radius 3 is 2.42 bits per heavy atom. The number of alkyl halides is 3. The topological polar surface area (TPSA) is 108 Å². The number of rotatable bonds is 9. The maximum atomic E-state index is 14.4. The predicted octanol–water partition coefficient (Wildman–Crippen LogP) is 9.73. The molecule has 8 nitrogen and oxygen atoms in total. The lowest BCUT2D eigenvalue weighted by molar-refractivity contribution is -0.137. The van der Waals surface area contributed by atoms with Crippen molar-refractivity contribution in [3.05, 3.63) is 136 Å². The van der Waals surface area contributed by atoms with Gasteiger partial charge in [-0.2, -0.15) is 13.2 Å². The number of ether oxygens (including phenoxy) is 2. The second kappa shape index (κ2) is 17.2. The highest BCUT2D eigenvalue weighted by atomic mass is 19.4. The summed E-state index contributed by atoms with van der Waals surface area (Å²) >= 11 is 0. The average Bonchev–Trinajstić information content (AvgIpc) is 3.45. The normalized spacial score (nSPS) is 22.5. The summed E-state index contributed by atoms with van der Waals surface area (Å²) in [4.78, 5) is 30.3. The highest BCUT2D eigenvalue weighted by molar-refractivity contribution is 6.10. The van der Waals surface area contributed by atoms with Crippen LogP contribution in [0.4, 0.5) is 23.7 Å². The molecule has 302 valence electrons. The van der Waals surface area contributed by atoms with Crippen LogP contribution in [-0.4, -0.2) is 59.4 Å². The molecule has 1 fully saturated rings. The maximum Gasteiger partial charge on any atom is 0.416 e. The summed E-state index contributed by atoms with van der Waals surface area (Å²) in [5.74, 6) is 0.108. The number of allylic oxidation sites excluding steroid dienone is 2. The number of methoxy groups -OCH3 is 2. The molecule has 3 aliphatic rings. The third-order valence-electron chi connectivity index (χ3n) is 12.0. The van der Waals surface area contributed by atoms with Crippen molar-refractivity contribution >= 4 is 17.5 Å². The molecule has 3 aliphatic carbocycles. The number of aliphatic hydroxyl groups excluding tert-OH is 1. The number of nitrogens with one attached hydrogen (secondary N) is 1. The number of ketones is 1. The first kappa shape index (κ1) is 41.5. The Kier molecular flexibility index (Phi) is 12.5. The third kappa shape index (κ3) is 9.21. The Balaban J connectivity index is 1.45. The number of aliphatic hydroxyl groups is 2. The van der Waals surface area contributed by atoms with Crippen LogP contribution in [0.3, 0.4) is 0 Å². The fourth-order valence-electron chi connectivity index (χ4n) is 8.62. The molecule has 4 aromatic rings. The number of carbonyl (C=O) groups is 2. The number of benzene rings is 4. The van der Waals surface area contributed by atoms with E-state index in [0.29, 0.717) is 66.0 Å². The van der Waals surface area contributed by atoms with Crippen molar-refractivity contribution in [1.29, 1.82) is 0 Å². The van der Waals surface area contributed by atoms with Crippen molar-refractivity contribution in [2.24, 2.45) is 5.41 Å². The molecule has 4 atom stereocenters. The van der Waals surface area contributed by atoms with Gasteiger partial charge >= 0.3 is 12.2 Å². The molecule has 1 saturated carbocycles. The second-order valence-electron chi connectivity index (χ2n) is 15.7. The molecule has 0 saturated heterocycles. The monoisotopic (exact) mass is 784 g/mol. The molecule has 0 radical (unpaired) electrons. The molecule has 57 heavy (non-hydrogen) atoms. The van der Waals surface area contributed by atoms with Crippen molar-refractivity contribution in [2.75, 3.05) is 26.1 Å². The molecule has 2 amide bonds. The second-order valence-corrected chi connectivity index (χ2v) is 15.7. The van der Waals surface area contributed by atoms with Gasteiger partial charge in [0, 0.05) is 33.9 Å². The van der Waals surface area contributed by atoms with Gasteiger partial charge in [-0.05, 0) is 111 Å². The zero-order chi connectivity index (χ0) is 41.0. The molecule has 4 unspecified atom stereocenters. The number of hydrogen-bond donors (Lipinski definition) is 3. The van der Waals surface area contributed by atoms with Gasteiger partial charge in [-0.15, -0.1) is 0 Å². The van der Waals surface area contributed by atoms with Gasteiger partial charge in [0.05, 0.1) is 44.6 Å². The minimum atomic E-state index is -4.64. The van der Waals surface area contributed by atoms with Crippen molar-refractivity contribution in [1.82, 2.24) is 4.90 Å². The Bertz CT molecular complexity index is 2100. The smallest absolute Gasteiger partial charge is 0.416 e. The van der Waals surface area contributed by atoms with Crippen molar-refractivity contribution in [3.63, 3.8) is 0 Å². The molecule has 11 heteroatoms. The lowest BCUT2D eigenvalue weighted by Crippen LogP contribution is -2.54. The van der Waals surface area contributed by atoms with Crippen molar-refractivity contribution in [2.45, 2.75) is 89.1 Å². The number of urea groups is 1. The first-order chi connectivity index (χ1) is 27.1. The summed E-state index contributed by atoms with van der Waals surface area (Å²) in [5, 5.41) is 27.1. The quantitative estimate of drug-likeness (QED) is 0.115. The third-order valence-corrected chi connectivity index (χ3v) is 12.0. The summed E-state index contributed by atoms with van der Waals surface area (Å²) in [7, 11) is 3.09. The number of halogens is 3. The maximum absolute atomic E-state index is 14.4. The van der Waals surface area contributed by atoms with E-state index >= 15 is 0 Å². The van der Waals surface area contributed by atoms with E-state index in [0.717, 1.165) is 17.7 Å². The number of amides is 2. The number of para-hydroxylation sites is 1. The fourth-order valence-corrected chi connectivity index (χ4v) is 8.62. The van der Waals surface area contributed by atoms with Gasteiger partial charge in [0.1, 0.15) is 11.5 Å². The van der Waals surface area contributed by atoms with Crippen LogP contribution in [0, 0.1) is 5.41 Å². The summed E-state index contributed by atoms with van der Waals surface area (Å²) < 4.78 is 52.6. The summed E-state index contributed by atoms with van der Waals surface area (Å²) in [6.45, 7) is 4.04. The molecule has 2 bridgehead atoms. The van der Waals surface area contributed by atoms with E-state index in [1.54, 1.807) is 42.3 Å². The molecule has 0 heterocycles. The molecular formula is C46H51F3N2O6. The Morgan fingerprint density at radius 2 is 1.70 bits per heavy atom. The highest BCUT2D eigenvalue weighted by Crippen LogP contribution is 2.59. The predicted molar refractivity (Wildman–Crippen MR) is 214 cm³/mol. The highest BCUT2D eigenvalue weighted by Gasteiger charge is 2.57. The molecule has 3 N–H and O–H groups in total. The fraction of sp³-hybridized carbons (Fsp3) is 0.391. The Labute approximate surface area is 332 Å². The average molecular weight is 785 g/mol. The summed E-state index contributed by atoms with van der Waals surface area (Å²) in [6, 6.07) is 23.8. The van der Waals surface area contributed by atoms with E-state index < -0.39 is 46.6 Å². The molecule has 0 spiro atoms. The van der Waals surface area contributed by atoms with Crippen LogP contribution in [0.5, 0.6) is 11.5 Å². The first-order valence-electron chi connectivity index (χ1n) is 19.4. The number of hydrogen-bond acceptors (Lipinski definition) is 6. The van der Waals surface area contributed by atoms with Crippen LogP contribution < -0.4 is 14.8 Å². The van der Waals surface area contributed by atoms with Gasteiger partial charge in [-0.25, -0.2) is 4.79 Å². The summed E-state index contributed by atoms with van der Waals surface area (Å²) in [6.07, 6.45) is -0.00814. The van der Waals surface area contributed by atoms with E-state index in [2.05, 4.69) is 11.4 Å². The van der Waals surface area contributed by atoms with Crippen LogP contribution in [-0.2, 0) is 19.1 Å². The van der Waals surface area contributed by atoms with Crippen molar-refractivity contribution in [3.8, 4) is 11.5 Å². The van der Waals surface area contributed by atoms with Gasteiger partial charge < -0.3 is 29.9 Å². The number of fused-ring (bicyclic) bond motifs is 8. The molecular weight excluding hydrogens is 734 g/mol. The zero-order valence-electron chi connectivity index (χ0n) is 32.9. The number of anilines is 1. The van der Waals surface area contributed by atoms with E-state index in [1.807, 2.05) is 50.2 Å². The minimum Gasteiger partial charge on any atom is -0.497 e. The number of carbonyl (C=O) groups excluding carboxylic acids is 2. The van der Waals surface area contributed by atoms with Gasteiger partial charge in [-0.1, -0.05) is 61.0 Å². The first-order valence-corrected chi connectivity index (χ1v) is 19.4. The zero-order valence-corrected chi connectivity index (χ0v) is 32.9. The molecule has 4 aromatic carbocycles. The van der Waals surface area contributed by atoms with E-state index in [4.69, 9.17) is 9.47 Å². The van der Waals surface area contributed by atoms with Gasteiger partial charge in [0.2, 0.25) is 0 Å². The Morgan fingerprint density at radius 1 is 0.930 bits per heavy atom.